The third kappa shape index (κ3) is 5.19. The summed E-state index contributed by atoms with van der Waals surface area (Å²) in [6, 6.07) is 5.10. The second-order valence-corrected chi connectivity index (χ2v) is 6.79. The molecule has 0 bridgehead atoms. The highest BCUT2D eigenvalue weighted by Crippen LogP contribution is 2.30. The van der Waals surface area contributed by atoms with Gasteiger partial charge in [0.25, 0.3) is 5.91 Å². The lowest BCUT2D eigenvalue weighted by Gasteiger charge is -2.30. The van der Waals surface area contributed by atoms with E-state index in [1.54, 1.807) is 12.1 Å². The van der Waals surface area contributed by atoms with Crippen molar-refractivity contribution in [1.82, 2.24) is 5.32 Å². The highest BCUT2D eigenvalue weighted by atomic mass is 16.5. The molecule has 3 N–H and O–H groups in total. The molecule has 0 aromatic heterocycles. The van der Waals surface area contributed by atoms with Crippen LogP contribution in [0.2, 0.25) is 0 Å². The third-order valence-corrected chi connectivity index (χ3v) is 4.40. The molecule has 138 valence electrons. The monoisotopic (exact) mass is 347 g/mol. The van der Waals surface area contributed by atoms with Gasteiger partial charge in [-0.05, 0) is 44.4 Å². The summed E-state index contributed by atoms with van der Waals surface area (Å²) < 4.78 is 5.45. The van der Waals surface area contributed by atoms with E-state index in [-0.39, 0.29) is 29.9 Å². The van der Waals surface area contributed by atoms with Crippen LogP contribution in [-0.2, 0) is 9.53 Å². The van der Waals surface area contributed by atoms with Gasteiger partial charge in [-0.25, -0.2) is 0 Å². The molecule has 0 unspecified atom stereocenters. The Morgan fingerprint density at radius 3 is 2.72 bits per heavy atom. The van der Waals surface area contributed by atoms with Crippen LogP contribution in [0.15, 0.2) is 18.2 Å². The smallest absolute Gasteiger partial charge is 0.251 e. The number of amides is 2. The van der Waals surface area contributed by atoms with Gasteiger partial charge >= 0.3 is 0 Å². The van der Waals surface area contributed by atoms with E-state index in [0.29, 0.717) is 24.4 Å². The summed E-state index contributed by atoms with van der Waals surface area (Å²) in [6.45, 7) is 9.27. The average molecular weight is 347 g/mol. The van der Waals surface area contributed by atoms with Gasteiger partial charge in [-0.2, -0.15) is 0 Å². The van der Waals surface area contributed by atoms with E-state index in [4.69, 9.17) is 4.74 Å². The molecular formula is C19H29N3O3. The van der Waals surface area contributed by atoms with Crippen LogP contribution in [0.5, 0.6) is 0 Å². The number of fused-ring (bicyclic) bond motifs is 1. The summed E-state index contributed by atoms with van der Waals surface area (Å²) in [6.07, 6.45) is 1.89. The highest BCUT2D eigenvalue weighted by Gasteiger charge is 2.29. The van der Waals surface area contributed by atoms with Gasteiger partial charge in [0.15, 0.2) is 0 Å². The molecule has 0 radical (unpaired) electrons. The van der Waals surface area contributed by atoms with Gasteiger partial charge in [0, 0.05) is 18.7 Å². The molecule has 2 atom stereocenters. The molecule has 2 amide bonds. The fourth-order valence-electron chi connectivity index (χ4n) is 2.69. The van der Waals surface area contributed by atoms with Crippen LogP contribution < -0.4 is 16.0 Å². The van der Waals surface area contributed by atoms with Crippen molar-refractivity contribution < 1.29 is 14.3 Å². The minimum absolute atomic E-state index is 0.0507. The van der Waals surface area contributed by atoms with Gasteiger partial charge in [0.1, 0.15) is 6.04 Å². The molecule has 25 heavy (non-hydrogen) atoms. The van der Waals surface area contributed by atoms with Crippen LogP contribution in [-0.4, -0.2) is 37.1 Å². The second-order valence-electron chi connectivity index (χ2n) is 6.79. The number of anilines is 2. The topological polar surface area (TPSA) is 79.5 Å². The SMILES string of the molecule is CC[C@H](C)[C@H]1Nc2ccc(C(=O)NCCCOC(C)C)cc2NC1=O. The first-order valence-electron chi connectivity index (χ1n) is 9.03. The first-order valence-corrected chi connectivity index (χ1v) is 9.03. The number of ether oxygens (including phenoxy) is 1. The number of rotatable bonds is 8. The third-order valence-electron chi connectivity index (χ3n) is 4.40. The normalized spacial score (nSPS) is 17.5. The van der Waals surface area contributed by atoms with Gasteiger partial charge in [-0.3, -0.25) is 9.59 Å². The van der Waals surface area contributed by atoms with E-state index in [2.05, 4.69) is 22.9 Å². The zero-order chi connectivity index (χ0) is 18.4. The summed E-state index contributed by atoms with van der Waals surface area (Å²) >= 11 is 0. The molecule has 1 heterocycles. The molecule has 0 spiro atoms. The van der Waals surface area contributed by atoms with Gasteiger partial charge in [0.2, 0.25) is 5.91 Å². The highest BCUT2D eigenvalue weighted by molar-refractivity contribution is 6.05. The van der Waals surface area contributed by atoms with E-state index in [9.17, 15) is 9.59 Å². The maximum absolute atomic E-state index is 12.2. The zero-order valence-electron chi connectivity index (χ0n) is 15.5. The van der Waals surface area contributed by atoms with Crippen LogP contribution in [0.1, 0.15) is 50.9 Å². The van der Waals surface area contributed by atoms with Crippen molar-refractivity contribution >= 4 is 23.2 Å². The van der Waals surface area contributed by atoms with Gasteiger partial charge in [0.05, 0.1) is 17.5 Å². The molecular weight excluding hydrogens is 318 g/mol. The second kappa shape index (κ2) is 8.85. The molecule has 1 aliphatic heterocycles. The molecule has 1 aliphatic rings. The maximum atomic E-state index is 12.2. The number of carbonyl (C=O) groups excluding carboxylic acids is 2. The first-order chi connectivity index (χ1) is 11.9. The summed E-state index contributed by atoms with van der Waals surface area (Å²) in [7, 11) is 0. The lowest BCUT2D eigenvalue weighted by Crippen LogP contribution is -2.43. The molecule has 6 nitrogen and oxygen atoms in total. The lowest BCUT2D eigenvalue weighted by atomic mass is 9.95. The van der Waals surface area contributed by atoms with E-state index in [1.165, 1.54) is 0 Å². The standard InChI is InChI=1S/C19H29N3O3/c1-5-13(4)17-19(24)22-16-11-14(7-8-15(16)21-17)18(23)20-9-6-10-25-12(2)3/h7-8,11-13,17,21H,5-6,9-10H2,1-4H3,(H,20,23)(H,22,24)/t13-,17+/m0/s1. The summed E-state index contributed by atoms with van der Waals surface area (Å²) in [4.78, 5) is 24.5. The number of hydrogen-bond acceptors (Lipinski definition) is 4. The van der Waals surface area contributed by atoms with Crippen LogP contribution in [0, 0.1) is 5.92 Å². The number of benzene rings is 1. The molecule has 0 saturated heterocycles. The number of carbonyl (C=O) groups is 2. The Labute approximate surface area is 149 Å². The van der Waals surface area contributed by atoms with Crippen LogP contribution in [0.3, 0.4) is 0 Å². The molecule has 6 heteroatoms. The van der Waals surface area contributed by atoms with Crippen LogP contribution in [0.4, 0.5) is 11.4 Å². The van der Waals surface area contributed by atoms with Crippen molar-refractivity contribution in [3.05, 3.63) is 23.8 Å². The van der Waals surface area contributed by atoms with E-state index >= 15 is 0 Å². The molecule has 0 saturated carbocycles. The van der Waals surface area contributed by atoms with Crippen molar-refractivity contribution in [3.8, 4) is 0 Å². The van der Waals surface area contributed by atoms with Crippen molar-refractivity contribution in [2.45, 2.75) is 52.7 Å². The largest absolute Gasteiger partial charge is 0.379 e. The number of hydrogen-bond donors (Lipinski definition) is 3. The minimum atomic E-state index is -0.238. The zero-order valence-corrected chi connectivity index (χ0v) is 15.5. The van der Waals surface area contributed by atoms with E-state index in [1.807, 2.05) is 26.8 Å². The minimum Gasteiger partial charge on any atom is -0.379 e. The Morgan fingerprint density at radius 2 is 2.04 bits per heavy atom. The van der Waals surface area contributed by atoms with Gasteiger partial charge in [-0.15, -0.1) is 0 Å². The Morgan fingerprint density at radius 1 is 1.28 bits per heavy atom. The maximum Gasteiger partial charge on any atom is 0.251 e. The molecule has 1 aromatic carbocycles. The fraction of sp³-hybridized carbons (Fsp3) is 0.579. The molecule has 2 rings (SSSR count). The molecule has 1 aromatic rings. The van der Waals surface area contributed by atoms with Gasteiger partial charge in [-0.1, -0.05) is 20.3 Å². The van der Waals surface area contributed by atoms with Crippen molar-refractivity contribution in [2.24, 2.45) is 5.92 Å². The lowest BCUT2D eigenvalue weighted by molar-refractivity contribution is -0.118. The fourth-order valence-corrected chi connectivity index (χ4v) is 2.69. The molecule has 0 fully saturated rings. The quantitative estimate of drug-likeness (QED) is 0.632. The summed E-state index contributed by atoms with van der Waals surface area (Å²) in [5.74, 6) is 0.0417. The van der Waals surface area contributed by atoms with E-state index in [0.717, 1.165) is 18.5 Å². The van der Waals surface area contributed by atoms with E-state index < -0.39 is 0 Å². The van der Waals surface area contributed by atoms with Crippen LogP contribution >= 0.6 is 0 Å². The number of nitrogens with one attached hydrogen (secondary N) is 3. The average Bonchev–Trinajstić information content (AvgIpc) is 2.59. The van der Waals surface area contributed by atoms with Crippen molar-refractivity contribution in [1.29, 1.82) is 0 Å². The Balaban J connectivity index is 1.94. The Kier molecular flexibility index (Phi) is 6.82. The summed E-state index contributed by atoms with van der Waals surface area (Å²) in [5, 5.41) is 9.06. The summed E-state index contributed by atoms with van der Waals surface area (Å²) in [5.41, 5.74) is 2.04. The predicted octanol–water partition coefficient (Wildman–Crippen LogP) is 3.01. The van der Waals surface area contributed by atoms with Crippen molar-refractivity contribution in [3.63, 3.8) is 0 Å². The Bertz CT molecular complexity index is 616. The van der Waals surface area contributed by atoms with Crippen molar-refractivity contribution in [2.75, 3.05) is 23.8 Å². The molecule has 0 aliphatic carbocycles. The predicted molar refractivity (Wildman–Crippen MR) is 100.0 cm³/mol. The van der Waals surface area contributed by atoms with Crippen LogP contribution in [0.25, 0.3) is 0 Å². The first kappa shape index (κ1) is 19.2. The Hall–Kier alpha value is -2.08. The van der Waals surface area contributed by atoms with Gasteiger partial charge < -0.3 is 20.7 Å².